The number of halogens is 2. The number of carbonyl (C=O) groups excluding carboxylic acids is 2. The van der Waals surface area contributed by atoms with E-state index in [1.54, 1.807) is 24.0 Å². The quantitative estimate of drug-likeness (QED) is 0.415. The summed E-state index contributed by atoms with van der Waals surface area (Å²) in [4.78, 5) is 27.6. The van der Waals surface area contributed by atoms with Gasteiger partial charge in [-0.1, -0.05) is 78.7 Å². The zero-order chi connectivity index (χ0) is 23.1. The summed E-state index contributed by atoms with van der Waals surface area (Å²) in [6.07, 6.45) is 1.74. The summed E-state index contributed by atoms with van der Waals surface area (Å²) in [5, 5.41) is 6.07. The average molecular weight is 471 g/mol. The number of carbonyl (C=O) groups is 2. The van der Waals surface area contributed by atoms with Gasteiger partial charge in [-0.25, -0.2) is 0 Å². The average Bonchev–Trinajstić information content (AvgIpc) is 2.81. The van der Waals surface area contributed by atoms with E-state index in [9.17, 15) is 9.59 Å². The number of nitrogens with zero attached hydrogens (tertiary/aromatic N) is 1. The molecule has 3 rings (SSSR count). The van der Waals surface area contributed by atoms with Crippen LogP contribution in [0.15, 0.2) is 60.7 Å². The van der Waals surface area contributed by atoms with E-state index in [2.05, 4.69) is 29.6 Å². The van der Waals surface area contributed by atoms with Crippen LogP contribution in [0, 0.1) is 0 Å². The van der Waals surface area contributed by atoms with Crippen molar-refractivity contribution >= 4 is 45.8 Å². The van der Waals surface area contributed by atoms with Gasteiger partial charge in [-0.05, 0) is 53.8 Å². The molecule has 0 radical (unpaired) electrons. The molecule has 3 aromatic carbocycles. The molecule has 0 aliphatic carbocycles. The van der Waals surface area contributed by atoms with Crippen LogP contribution in [-0.2, 0) is 22.6 Å². The Balaban J connectivity index is 1.79. The fourth-order valence-electron chi connectivity index (χ4n) is 3.71. The van der Waals surface area contributed by atoms with E-state index in [1.807, 2.05) is 31.2 Å². The normalized spacial score (nSPS) is 11.9. The third-order valence-electron chi connectivity index (χ3n) is 5.54. The lowest BCUT2D eigenvalue weighted by Gasteiger charge is -2.29. The van der Waals surface area contributed by atoms with Crippen LogP contribution < -0.4 is 5.32 Å². The number of rotatable bonds is 9. The number of nitrogens with one attached hydrogen (secondary N) is 1. The molecule has 2 amide bonds. The van der Waals surface area contributed by atoms with Gasteiger partial charge in [-0.15, -0.1) is 0 Å². The molecule has 4 nitrogen and oxygen atoms in total. The second kappa shape index (κ2) is 11.3. The molecule has 6 heteroatoms. The molecule has 0 heterocycles. The number of hydrogen-bond donors (Lipinski definition) is 1. The van der Waals surface area contributed by atoms with Gasteiger partial charge in [0.25, 0.3) is 0 Å². The van der Waals surface area contributed by atoms with Crippen molar-refractivity contribution < 1.29 is 9.59 Å². The Morgan fingerprint density at radius 2 is 1.75 bits per heavy atom. The molecule has 0 fully saturated rings. The molecule has 1 unspecified atom stereocenters. The second-order valence-electron chi connectivity index (χ2n) is 7.88. The predicted molar refractivity (Wildman–Crippen MR) is 132 cm³/mol. The molecule has 168 valence electrons. The van der Waals surface area contributed by atoms with Gasteiger partial charge in [0, 0.05) is 19.5 Å². The van der Waals surface area contributed by atoms with E-state index >= 15 is 0 Å². The minimum Gasteiger partial charge on any atom is -0.354 e. The van der Waals surface area contributed by atoms with Crippen molar-refractivity contribution in [3.63, 3.8) is 0 Å². The Morgan fingerprint density at radius 1 is 1.00 bits per heavy atom. The molecule has 0 spiro atoms. The monoisotopic (exact) mass is 470 g/mol. The van der Waals surface area contributed by atoms with Crippen molar-refractivity contribution in [2.24, 2.45) is 0 Å². The van der Waals surface area contributed by atoms with E-state index in [-0.39, 0.29) is 18.4 Å². The van der Waals surface area contributed by atoms with Crippen LogP contribution in [0.5, 0.6) is 0 Å². The predicted octanol–water partition coefficient (Wildman–Crippen LogP) is 6.02. The van der Waals surface area contributed by atoms with Gasteiger partial charge in [-0.3, -0.25) is 9.59 Å². The Labute approximate surface area is 199 Å². The van der Waals surface area contributed by atoms with Gasteiger partial charge >= 0.3 is 0 Å². The van der Waals surface area contributed by atoms with E-state index < -0.39 is 6.04 Å². The molecule has 32 heavy (non-hydrogen) atoms. The van der Waals surface area contributed by atoms with E-state index in [0.717, 1.165) is 28.3 Å². The molecule has 0 saturated carbocycles. The topological polar surface area (TPSA) is 49.4 Å². The Morgan fingerprint density at radius 3 is 2.50 bits per heavy atom. The summed E-state index contributed by atoms with van der Waals surface area (Å²) in [6.45, 7) is 4.62. The number of hydrogen-bond acceptors (Lipinski definition) is 2. The van der Waals surface area contributed by atoms with Crippen LogP contribution in [0.2, 0.25) is 10.0 Å². The van der Waals surface area contributed by atoms with Gasteiger partial charge in [0.15, 0.2) is 0 Å². The summed E-state index contributed by atoms with van der Waals surface area (Å²) in [5.41, 5.74) is 1.95. The van der Waals surface area contributed by atoms with Gasteiger partial charge in [0.1, 0.15) is 6.04 Å². The maximum atomic E-state index is 13.3. The maximum absolute atomic E-state index is 13.3. The summed E-state index contributed by atoms with van der Waals surface area (Å²) in [6, 6.07) is 19.0. The van der Waals surface area contributed by atoms with Gasteiger partial charge < -0.3 is 10.2 Å². The molecule has 0 aliphatic rings. The molecule has 0 bridgehead atoms. The van der Waals surface area contributed by atoms with Crippen molar-refractivity contribution in [2.75, 3.05) is 6.54 Å². The fourth-order valence-corrected chi connectivity index (χ4v) is 4.03. The standard InChI is InChI=1S/C26H28Cl2N2O2/c1-3-15-29-26(32)18(2)30(17-19-11-13-23(27)24(28)16-19)25(31)14-12-21-9-6-8-20-7-4-5-10-22(20)21/h4-11,13,16,18H,3,12,14-15,17H2,1-2H3,(H,29,32). The third-order valence-corrected chi connectivity index (χ3v) is 6.28. The lowest BCUT2D eigenvalue weighted by atomic mass is 10.0. The van der Waals surface area contributed by atoms with Crippen LogP contribution in [0.4, 0.5) is 0 Å². The first-order valence-corrected chi connectivity index (χ1v) is 11.6. The highest BCUT2D eigenvalue weighted by molar-refractivity contribution is 6.42. The highest BCUT2D eigenvalue weighted by atomic mass is 35.5. The minimum absolute atomic E-state index is 0.0804. The largest absolute Gasteiger partial charge is 0.354 e. The molecule has 0 saturated heterocycles. The van der Waals surface area contributed by atoms with Crippen LogP contribution >= 0.6 is 23.2 Å². The lowest BCUT2D eigenvalue weighted by molar-refractivity contribution is -0.140. The number of benzene rings is 3. The van der Waals surface area contributed by atoms with Crippen molar-refractivity contribution in [1.82, 2.24) is 10.2 Å². The minimum atomic E-state index is -0.601. The van der Waals surface area contributed by atoms with Gasteiger partial charge in [0.2, 0.25) is 11.8 Å². The molecule has 1 N–H and O–H groups in total. The van der Waals surface area contributed by atoms with Crippen LogP contribution in [-0.4, -0.2) is 29.3 Å². The summed E-state index contributed by atoms with van der Waals surface area (Å²) in [5.74, 6) is -0.242. The van der Waals surface area contributed by atoms with Gasteiger partial charge in [-0.2, -0.15) is 0 Å². The summed E-state index contributed by atoms with van der Waals surface area (Å²) < 4.78 is 0. The number of fused-ring (bicyclic) bond motifs is 1. The van der Waals surface area contributed by atoms with Crippen molar-refractivity contribution in [3.05, 3.63) is 81.8 Å². The van der Waals surface area contributed by atoms with Crippen molar-refractivity contribution in [1.29, 1.82) is 0 Å². The van der Waals surface area contributed by atoms with E-state index in [1.165, 1.54) is 0 Å². The van der Waals surface area contributed by atoms with E-state index in [0.29, 0.717) is 29.4 Å². The Kier molecular flexibility index (Phi) is 8.54. The number of aryl methyl sites for hydroxylation is 1. The lowest BCUT2D eigenvalue weighted by Crippen LogP contribution is -2.47. The SMILES string of the molecule is CCCNC(=O)C(C)N(Cc1ccc(Cl)c(Cl)c1)C(=O)CCc1cccc2ccccc12. The molecular weight excluding hydrogens is 443 g/mol. The van der Waals surface area contributed by atoms with Crippen LogP contribution in [0.1, 0.15) is 37.8 Å². The zero-order valence-electron chi connectivity index (χ0n) is 18.4. The Bertz CT molecular complexity index is 1090. The maximum Gasteiger partial charge on any atom is 0.242 e. The highest BCUT2D eigenvalue weighted by Gasteiger charge is 2.26. The molecular formula is C26H28Cl2N2O2. The second-order valence-corrected chi connectivity index (χ2v) is 8.69. The smallest absolute Gasteiger partial charge is 0.242 e. The third kappa shape index (κ3) is 6.02. The van der Waals surface area contributed by atoms with E-state index in [4.69, 9.17) is 23.2 Å². The highest BCUT2D eigenvalue weighted by Crippen LogP contribution is 2.24. The van der Waals surface area contributed by atoms with Crippen LogP contribution in [0.25, 0.3) is 10.8 Å². The molecule has 0 aromatic heterocycles. The zero-order valence-corrected chi connectivity index (χ0v) is 19.9. The first-order chi connectivity index (χ1) is 15.4. The fraction of sp³-hybridized carbons (Fsp3) is 0.308. The van der Waals surface area contributed by atoms with Crippen molar-refractivity contribution in [3.8, 4) is 0 Å². The molecule has 0 aliphatic heterocycles. The molecule has 3 aromatic rings. The summed E-state index contributed by atoms with van der Waals surface area (Å²) >= 11 is 12.2. The first kappa shape index (κ1) is 24.1. The first-order valence-electron chi connectivity index (χ1n) is 10.9. The van der Waals surface area contributed by atoms with Crippen molar-refractivity contribution in [2.45, 2.75) is 45.7 Å². The Hall–Kier alpha value is -2.56. The van der Waals surface area contributed by atoms with Crippen LogP contribution in [0.3, 0.4) is 0 Å². The number of amides is 2. The van der Waals surface area contributed by atoms with Gasteiger partial charge in [0.05, 0.1) is 10.0 Å². The summed E-state index contributed by atoms with van der Waals surface area (Å²) in [7, 11) is 0. The molecule has 1 atom stereocenters.